The van der Waals surface area contributed by atoms with Gasteiger partial charge in [-0.15, -0.1) is 0 Å². The van der Waals surface area contributed by atoms with E-state index in [2.05, 4.69) is 33.0 Å². The molecule has 0 bridgehead atoms. The average molecular weight is 605 g/mol. The van der Waals surface area contributed by atoms with Crippen molar-refractivity contribution in [3.05, 3.63) is 89.5 Å². The number of fused-ring (bicyclic) bond motifs is 1. The van der Waals surface area contributed by atoms with Crippen LogP contribution < -0.4 is 15.2 Å². The van der Waals surface area contributed by atoms with Gasteiger partial charge in [0.15, 0.2) is 17.5 Å². The number of rotatable bonds is 12. The average Bonchev–Trinajstić information content (AvgIpc) is 2.96. The fourth-order valence-corrected chi connectivity index (χ4v) is 6.33. The lowest BCUT2D eigenvalue weighted by Crippen LogP contribution is -2.52. The van der Waals surface area contributed by atoms with Gasteiger partial charge in [0.05, 0.1) is 11.1 Å². The number of nitrogens with one attached hydrogen (secondary N) is 1. The normalized spacial score (nSPS) is 16.3. The Bertz CT molecular complexity index is 1590. The van der Waals surface area contributed by atoms with Crippen molar-refractivity contribution in [2.45, 2.75) is 70.3 Å². The van der Waals surface area contributed by atoms with Crippen LogP contribution in [0.4, 0.5) is 5.69 Å². The molecule has 1 amide bonds. The molecular weight excluding hydrogens is 564 g/mol. The van der Waals surface area contributed by atoms with Crippen LogP contribution in [-0.4, -0.2) is 25.9 Å². The Hall–Kier alpha value is -3.82. The molecule has 3 N–H and O–H groups in total. The Labute approximate surface area is 254 Å². The smallest absolute Gasteiger partial charge is 0.242 e. The summed E-state index contributed by atoms with van der Waals surface area (Å²) in [5, 5.41) is 8.07. The second-order valence-corrected chi connectivity index (χ2v) is 13.7. The number of nitrogens with two attached hydrogens (primary N) is 1. The molecule has 0 saturated heterocycles. The Morgan fingerprint density at radius 2 is 1.51 bits per heavy atom. The first-order valence-corrected chi connectivity index (χ1v) is 16.2. The fourth-order valence-electron chi connectivity index (χ4n) is 5.62. The summed E-state index contributed by atoms with van der Waals surface area (Å²) in [5.41, 5.74) is 0.754. The Morgan fingerprint density at radius 3 is 2.12 bits per heavy atom. The van der Waals surface area contributed by atoms with Crippen LogP contribution in [0.5, 0.6) is 5.75 Å². The number of ether oxygens (including phenoxy) is 1. The molecule has 1 atom stereocenters. The number of amides is 1. The van der Waals surface area contributed by atoms with Crippen LogP contribution in [0.1, 0.15) is 74.9 Å². The monoisotopic (exact) mass is 604 g/mol. The number of hydrogen-bond acceptors (Lipinski definition) is 6. The van der Waals surface area contributed by atoms with Crippen molar-refractivity contribution in [2.24, 2.45) is 22.9 Å². The van der Waals surface area contributed by atoms with E-state index in [1.807, 2.05) is 42.5 Å². The molecule has 228 valence electrons. The van der Waals surface area contributed by atoms with E-state index in [9.17, 15) is 22.8 Å². The van der Waals surface area contributed by atoms with E-state index in [1.165, 1.54) is 18.2 Å². The predicted molar refractivity (Wildman–Crippen MR) is 166 cm³/mol. The van der Waals surface area contributed by atoms with Gasteiger partial charge in [-0.1, -0.05) is 82.3 Å². The van der Waals surface area contributed by atoms with Crippen LogP contribution in [0.25, 0.3) is 0 Å². The highest BCUT2D eigenvalue weighted by molar-refractivity contribution is 7.89. The Kier molecular flexibility index (Phi) is 9.87. The van der Waals surface area contributed by atoms with Crippen molar-refractivity contribution in [3.63, 3.8) is 0 Å². The zero-order valence-electron chi connectivity index (χ0n) is 25.1. The molecule has 0 spiro atoms. The summed E-state index contributed by atoms with van der Waals surface area (Å²) < 4.78 is 30.9. The summed E-state index contributed by atoms with van der Waals surface area (Å²) in [4.78, 5) is 41.6. The van der Waals surface area contributed by atoms with Crippen LogP contribution in [0, 0.1) is 17.8 Å². The molecule has 8 nitrogen and oxygen atoms in total. The van der Waals surface area contributed by atoms with Gasteiger partial charge in [-0.05, 0) is 60.8 Å². The lowest BCUT2D eigenvalue weighted by atomic mass is 9.59. The summed E-state index contributed by atoms with van der Waals surface area (Å²) in [6, 6.07) is 20.5. The molecule has 3 aromatic rings. The van der Waals surface area contributed by atoms with Crippen molar-refractivity contribution < 1.29 is 27.5 Å². The topological polar surface area (TPSA) is 133 Å². The van der Waals surface area contributed by atoms with Gasteiger partial charge in [-0.25, -0.2) is 13.6 Å². The molecular formula is C34H40N2O6S. The quantitative estimate of drug-likeness (QED) is 0.242. The van der Waals surface area contributed by atoms with E-state index < -0.39 is 38.8 Å². The Balaban J connectivity index is 1.70. The second kappa shape index (κ2) is 13.2. The maximum absolute atomic E-state index is 14.4. The summed E-state index contributed by atoms with van der Waals surface area (Å²) in [7, 11) is -4.31. The molecule has 0 heterocycles. The minimum atomic E-state index is -4.31. The first kappa shape index (κ1) is 32.1. The minimum Gasteiger partial charge on any atom is -0.489 e. The minimum absolute atomic E-state index is 0.131. The number of carbonyl (C=O) groups excluding carboxylic acids is 3. The molecule has 43 heavy (non-hydrogen) atoms. The molecule has 9 heteroatoms. The number of hydrogen-bond donors (Lipinski definition) is 2. The van der Waals surface area contributed by atoms with Crippen LogP contribution in [0.2, 0.25) is 0 Å². The molecule has 0 radical (unpaired) electrons. The van der Waals surface area contributed by atoms with E-state index in [4.69, 9.17) is 9.88 Å². The van der Waals surface area contributed by atoms with Crippen LogP contribution in [-0.2, 0) is 31.6 Å². The molecule has 0 aliphatic heterocycles. The molecule has 4 rings (SSSR count). The van der Waals surface area contributed by atoms with E-state index in [-0.39, 0.29) is 22.9 Å². The van der Waals surface area contributed by atoms with E-state index >= 15 is 0 Å². The van der Waals surface area contributed by atoms with Gasteiger partial charge in [-0.2, -0.15) is 0 Å². The zero-order valence-corrected chi connectivity index (χ0v) is 25.9. The predicted octanol–water partition coefficient (Wildman–Crippen LogP) is 6.04. The molecule has 0 fully saturated rings. The molecule has 1 aliphatic rings. The number of Topliss-reactive ketones (excluding diaryl/α,β-unsaturated/α-hetero) is 2. The van der Waals surface area contributed by atoms with Gasteiger partial charge in [-0.3, -0.25) is 14.4 Å². The zero-order chi connectivity index (χ0) is 31.4. The first-order chi connectivity index (χ1) is 20.3. The highest BCUT2D eigenvalue weighted by Crippen LogP contribution is 2.45. The molecule has 1 unspecified atom stereocenters. The van der Waals surface area contributed by atoms with Gasteiger partial charge in [0.2, 0.25) is 15.9 Å². The molecule has 0 aromatic heterocycles. The standard InChI is InChI=1S/C34H40N2O6S/c1-22(2)16-18-34(19-17-23(3)4)27-13-9-8-12-26(27)31(37)30(32(34)38)33(39)36-28-15-14-25(20-29(28)43(35,40)41)42-21-24-10-6-5-7-11-24/h5-15,20,22-23,30H,16-19,21H2,1-4H3,(H,36,39)(H2,35,40,41). The number of benzene rings is 3. The van der Waals surface area contributed by atoms with Crippen molar-refractivity contribution in [1.29, 1.82) is 0 Å². The van der Waals surface area contributed by atoms with Gasteiger partial charge in [0.25, 0.3) is 0 Å². The highest BCUT2D eigenvalue weighted by atomic mass is 32.2. The first-order valence-electron chi connectivity index (χ1n) is 14.7. The lowest BCUT2D eigenvalue weighted by molar-refractivity contribution is -0.134. The van der Waals surface area contributed by atoms with Crippen LogP contribution in [0.15, 0.2) is 77.7 Å². The summed E-state index contributed by atoms with van der Waals surface area (Å²) >= 11 is 0. The molecule has 3 aromatic carbocycles. The number of carbonyl (C=O) groups is 3. The third-order valence-electron chi connectivity index (χ3n) is 8.03. The van der Waals surface area contributed by atoms with Crippen LogP contribution >= 0.6 is 0 Å². The lowest BCUT2D eigenvalue weighted by Gasteiger charge is -2.41. The maximum atomic E-state index is 14.4. The number of anilines is 1. The summed E-state index contributed by atoms with van der Waals surface area (Å²) in [6.07, 6.45) is 2.47. The van der Waals surface area contributed by atoms with Crippen molar-refractivity contribution in [3.8, 4) is 5.75 Å². The largest absolute Gasteiger partial charge is 0.489 e. The van der Waals surface area contributed by atoms with E-state index in [1.54, 1.807) is 12.1 Å². The van der Waals surface area contributed by atoms with Gasteiger partial charge < -0.3 is 10.1 Å². The van der Waals surface area contributed by atoms with Crippen LogP contribution in [0.3, 0.4) is 0 Å². The van der Waals surface area contributed by atoms with E-state index in [0.717, 1.165) is 18.4 Å². The summed E-state index contributed by atoms with van der Waals surface area (Å²) in [5.74, 6) is -2.72. The van der Waals surface area contributed by atoms with Gasteiger partial charge >= 0.3 is 0 Å². The maximum Gasteiger partial charge on any atom is 0.242 e. The summed E-state index contributed by atoms with van der Waals surface area (Å²) in [6.45, 7) is 8.49. The molecule has 0 saturated carbocycles. The SMILES string of the molecule is CC(C)CCC1(CCC(C)C)C(=O)C(C(=O)Nc2ccc(OCc3ccccc3)cc2S(N)(=O)=O)C(=O)c2ccccc21. The van der Waals surface area contributed by atoms with E-state index in [0.29, 0.717) is 35.8 Å². The van der Waals surface area contributed by atoms with Gasteiger partial charge in [0, 0.05) is 11.6 Å². The second-order valence-electron chi connectivity index (χ2n) is 12.1. The van der Waals surface area contributed by atoms with Crippen molar-refractivity contribution >= 4 is 33.2 Å². The number of ketones is 2. The number of sulfonamides is 1. The molecule has 1 aliphatic carbocycles. The third kappa shape index (κ3) is 7.22. The number of primary sulfonamides is 1. The van der Waals surface area contributed by atoms with Gasteiger partial charge in [0.1, 0.15) is 17.3 Å². The van der Waals surface area contributed by atoms with Crippen molar-refractivity contribution in [2.75, 3.05) is 5.32 Å². The van der Waals surface area contributed by atoms with Crippen molar-refractivity contribution in [1.82, 2.24) is 0 Å². The third-order valence-corrected chi connectivity index (χ3v) is 8.98. The highest BCUT2D eigenvalue weighted by Gasteiger charge is 2.53. The Morgan fingerprint density at radius 1 is 0.907 bits per heavy atom. The fraction of sp³-hybridized carbons (Fsp3) is 0.382.